The van der Waals surface area contributed by atoms with Gasteiger partial charge in [0.15, 0.2) is 0 Å². The topological polar surface area (TPSA) is 43.4 Å². The molecule has 1 saturated heterocycles. The number of aromatic nitrogens is 1. The maximum absolute atomic E-state index is 6.12. The molecule has 0 bridgehead atoms. The molecule has 2 heterocycles. The van der Waals surface area contributed by atoms with Crippen LogP contribution in [0.5, 0.6) is 5.75 Å². The van der Waals surface area contributed by atoms with Crippen molar-refractivity contribution in [3.05, 3.63) is 23.0 Å². The first-order valence-corrected chi connectivity index (χ1v) is 7.59. The van der Waals surface area contributed by atoms with Gasteiger partial charge in [0.1, 0.15) is 5.75 Å². The molecule has 1 atom stereocenters. The summed E-state index contributed by atoms with van der Waals surface area (Å²) in [4.78, 5) is 4.55. The fourth-order valence-corrected chi connectivity index (χ4v) is 3.35. The molecule has 0 radical (unpaired) electrons. The van der Waals surface area contributed by atoms with E-state index in [0.29, 0.717) is 6.04 Å². The van der Waals surface area contributed by atoms with Crippen LogP contribution in [0.15, 0.2) is 6.20 Å². The first-order valence-electron chi connectivity index (χ1n) is 7.59. The molecule has 1 aliphatic rings. The molecule has 1 aromatic heterocycles. The van der Waals surface area contributed by atoms with E-state index in [1.54, 1.807) is 7.11 Å². The van der Waals surface area contributed by atoms with Gasteiger partial charge in [-0.2, -0.15) is 0 Å². The third kappa shape index (κ3) is 3.38. The zero-order valence-electron chi connectivity index (χ0n) is 14.3. The number of aryl methyl sites for hydroxylation is 1. The Bertz CT molecular complexity index is 524. The van der Waals surface area contributed by atoms with E-state index in [0.717, 1.165) is 35.5 Å². The number of methoxy groups -OCH3 is 1. The Morgan fingerprint density at radius 3 is 2.52 bits per heavy atom. The number of nitrogens with one attached hydrogen (secondary N) is 1. The van der Waals surface area contributed by atoms with Crippen molar-refractivity contribution in [1.29, 1.82) is 0 Å². The summed E-state index contributed by atoms with van der Waals surface area (Å²) in [6, 6.07) is 0.320. The summed E-state index contributed by atoms with van der Waals surface area (Å²) >= 11 is 0. The number of ether oxygens (including phenoxy) is 2. The third-order valence-electron chi connectivity index (χ3n) is 4.34. The fourth-order valence-electron chi connectivity index (χ4n) is 3.35. The predicted octanol–water partition coefficient (Wildman–Crippen LogP) is 3.14. The number of rotatable bonds is 4. The van der Waals surface area contributed by atoms with Gasteiger partial charge in [-0.15, -0.1) is 0 Å². The normalized spacial score (nSPS) is 23.3. The summed E-state index contributed by atoms with van der Waals surface area (Å²) in [7, 11) is 1.71. The highest BCUT2D eigenvalue weighted by atomic mass is 16.5. The molecule has 1 aromatic rings. The number of hydrogen-bond acceptors (Lipinski definition) is 4. The van der Waals surface area contributed by atoms with Crippen LogP contribution >= 0.6 is 0 Å². The van der Waals surface area contributed by atoms with Crippen LogP contribution in [0.25, 0.3) is 0 Å². The van der Waals surface area contributed by atoms with Crippen LogP contribution in [0.2, 0.25) is 0 Å². The second kappa shape index (κ2) is 5.58. The standard InChI is InChI=1S/C17H28N2O2/c1-11-9-18-13(12(2)15(11)20-7)10-19-14-8-16(3,4)21-17(14,5)6/h9,14,19H,8,10H2,1-7H3/t14-/m1/s1. The van der Waals surface area contributed by atoms with Crippen molar-refractivity contribution in [3.63, 3.8) is 0 Å². The molecule has 0 aromatic carbocycles. The van der Waals surface area contributed by atoms with Crippen molar-refractivity contribution in [3.8, 4) is 5.75 Å². The largest absolute Gasteiger partial charge is 0.496 e. The van der Waals surface area contributed by atoms with Gasteiger partial charge >= 0.3 is 0 Å². The Hall–Kier alpha value is -1.13. The van der Waals surface area contributed by atoms with E-state index >= 15 is 0 Å². The zero-order chi connectivity index (χ0) is 15.8. The van der Waals surface area contributed by atoms with Gasteiger partial charge in [-0.3, -0.25) is 4.98 Å². The van der Waals surface area contributed by atoms with Crippen LogP contribution in [0.3, 0.4) is 0 Å². The van der Waals surface area contributed by atoms with E-state index in [9.17, 15) is 0 Å². The summed E-state index contributed by atoms with van der Waals surface area (Å²) in [5.74, 6) is 0.934. The first kappa shape index (κ1) is 16.2. The minimum Gasteiger partial charge on any atom is -0.496 e. The Balaban J connectivity index is 2.11. The monoisotopic (exact) mass is 292 g/mol. The summed E-state index contributed by atoms with van der Waals surface area (Å²) in [5.41, 5.74) is 2.99. The van der Waals surface area contributed by atoms with E-state index in [-0.39, 0.29) is 11.2 Å². The smallest absolute Gasteiger partial charge is 0.128 e. The molecular formula is C17H28N2O2. The molecular weight excluding hydrogens is 264 g/mol. The first-order chi connectivity index (χ1) is 9.66. The van der Waals surface area contributed by atoms with E-state index < -0.39 is 0 Å². The van der Waals surface area contributed by atoms with Gasteiger partial charge in [0, 0.05) is 29.9 Å². The molecule has 118 valence electrons. The maximum Gasteiger partial charge on any atom is 0.128 e. The lowest BCUT2D eigenvalue weighted by atomic mass is 9.94. The molecule has 0 aliphatic carbocycles. The van der Waals surface area contributed by atoms with E-state index in [2.05, 4.69) is 44.9 Å². The van der Waals surface area contributed by atoms with Crippen molar-refractivity contribution < 1.29 is 9.47 Å². The highest BCUT2D eigenvalue weighted by Crippen LogP contribution is 2.37. The molecule has 0 spiro atoms. The predicted molar refractivity (Wildman–Crippen MR) is 84.8 cm³/mol. The Morgan fingerprint density at radius 1 is 1.33 bits per heavy atom. The van der Waals surface area contributed by atoms with E-state index in [1.165, 1.54) is 0 Å². The van der Waals surface area contributed by atoms with Gasteiger partial charge < -0.3 is 14.8 Å². The van der Waals surface area contributed by atoms with Crippen molar-refractivity contribution in [2.45, 2.75) is 71.8 Å². The van der Waals surface area contributed by atoms with Gasteiger partial charge in [0.2, 0.25) is 0 Å². The third-order valence-corrected chi connectivity index (χ3v) is 4.34. The molecule has 4 heteroatoms. The van der Waals surface area contributed by atoms with E-state index in [4.69, 9.17) is 9.47 Å². The second-order valence-electron chi connectivity index (χ2n) is 7.15. The van der Waals surface area contributed by atoms with Crippen LogP contribution in [0.1, 0.15) is 50.9 Å². The summed E-state index contributed by atoms with van der Waals surface area (Å²) in [5, 5.41) is 3.61. The molecule has 1 fully saturated rings. The Morgan fingerprint density at radius 2 is 2.00 bits per heavy atom. The lowest BCUT2D eigenvalue weighted by Crippen LogP contribution is -2.43. The quantitative estimate of drug-likeness (QED) is 0.926. The molecule has 0 unspecified atom stereocenters. The maximum atomic E-state index is 6.12. The van der Waals surface area contributed by atoms with Crippen LogP contribution in [-0.2, 0) is 11.3 Å². The summed E-state index contributed by atoms with van der Waals surface area (Å²) in [6.07, 6.45) is 2.88. The van der Waals surface area contributed by atoms with Gasteiger partial charge in [0.25, 0.3) is 0 Å². The van der Waals surface area contributed by atoms with Crippen LogP contribution in [0, 0.1) is 13.8 Å². The number of nitrogens with zero attached hydrogens (tertiary/aromatic N) is 1. The lowest BCUT2D eigenvalue weighted by molar-refractivity contribution is -0.0699. The average molecular weight is 292 g/mol. The highest BCUT2D eigenvalue weighted by Gasteiger charge is 2.45. The van der Waals surface area contributed by atoms with Crippen molar-refractivity contribution >= 4 is 0 Å². The minimum absolute atomic E-state index is 0.0748. The average Bonchev–Trinajstić information content (AvgIpc) is 2.56. The highest BCUT2D eigenvalue weighted by molar-refractivity contribution is 5.41. The van der Waals surface area contributed by atoms with Crippen LogP contribution < -0.4 is 10.1 Å². The number of hydrogen-bond donors (Lipinski definition) is 1. The van der Waals surface area contributed by atoms with Gasteiger partial charge in [-0.05, 0) is 48.0 Å². The van der Waals surface area contributed by atoms with Crippen molar-refractivity contribution in [1.82, 2.24) is 10.3 Å². The summed E-state index contributed by atoms with van der Waals surface area (Å²) < 4.78 is 11.6. The molecule has 4 nitrogen and oxygen atoms in total. The number of pyridine rings is 1. The molecule has 1 N–H and O–H groups in total. The van der Waals surface area contributed by atoms with E-state index in [1.807, 2.05) is 13.1 Å². The second-order valence-corrected chi connectivity index (χ2v) is 7.15. The van der Waals surface area contributed by atoms with Gasteiger partial charge in [-0.25, -0.2) is 0 Å². The van der Waals surface area contributed by atoms with Gasteiger partial charge in [0.05, 0.1) is 24.0 Å². The summed E-state index contributed by atoms with van der Waals surface area (Å²) in [6.45, 7) is 13.4. The SMILES string of the molecule is COc1c(C)cnc(CN[C@@H]2CC(C)(C)OC2(C)C)c1C. The van der Waals surface area contributed by atoms with Gasteiger partial charge in [-0.1, -0.05) is 0 Å². The lowest BCUT2D eigenvalue weighted by Gasteiger charge is -2.28. The molecule has 1 aliphatic heterocycles. The Labute approximate surface area is 128 Å². The molecule has 0 amide bonds. The minimum atomic E-state index is -0.161. The fraction of sp³-hybridized carbons (Fsp3) is 0.706. The van der Waals surface area contributed by atoms with Crippen LogP contribution in [0.4, 0.5) is 0 Å². The molecule has 21 heavy (non-hydrogen) atoms. The zero-order valence-corrected chi connectivity index (χ0v) is 14.3. The molecule has 2 rings (SSSR count). The van der Waals surface area contributed by atoms with Crippen molar-refractivity contribution in [2.75, 3.05) is 7.11 Å². The Kier molecular flexibility index (Phi) is 4.31. The van der Waals surface area contributed by atoms with Crippen molar-refractivity contribution in [2.24, 2.45) is 0 Å². The molecule has 0 saturated carbocycles. The van der Waals surface area contributed by atoms with Crippen LogP contribution in [-0.4, -0.2) is 29.3 Å².